The van der Waals surface area contributed by atoms with Gasteiger partial charge in [-0.05, 0) is 12.1 Å². The van der Waals surface area contributed by atoms with Gasteiger partial charge in [-0.3, -0.25) is 4.79 Å². The van der Waals surface area contributed by atoms with E-state index in [4.69, 9.17) is 5.26 Å². The molecule has 4 nitrogen and oxygen atoms in total. The normalized spacial score (nSPS) is 9.84. The first kappa shape index (κ1) is 13.6. The number of benzene rings is 1. The molecule has 0 unspecified atom stereocenters. The van der Waals surface area contributed by atoms with Crippen molar-refractivity contribution < 1.29 is 4.79 Å². The number of carbonyl (C=O) groups is 1. The molecule has 1 N–H and O–H groups in total. The lowest BCUT2D eigenvalue weighted by Crippen LogP contribution is -2.11. The van der Waals surface area contributed by atoms with Gasteiger partial charge in [-0.15, -0.1) is 11.8 Å². The van der Waals surface area contributed by atoms with E-state index in [1.54, 1.807) is 11.8 Å². The zero-order valence-electron chi connectivity index (χ0n) is 10.00. The van der Waals surface area contributed by atoms with Crippen LogP contribution in [0.2, 0.25) is 0 Å². The molecule has 0 saturated carbocycles. The SMILES string of the molecule is N#Cc1cnc(NC(=O)CCSc2ccccc2)s1. The number of hydrogen-bond acceptors (Lipinski definition) is 5. The summed E-state index contributed by atoms with van der Waals surface area (Å²) in [4.78, 5) is 17.3. The number of nitrogens with zero attached hydrogens (tertiary/aromatic N) is 2. The highest BCUT2D eigenvalue weighted by Crippen LogP contribution is 2.19. The molecule has 1 aromatic carbocycles. The second-order valence-electron chi connectivity index (χ2n) is 3.60. The molecule has 1 amide bonds. The molecule has 0 aliphatic heterocycles. The summed E-state index contributed by atoms with van der Waals surface area (Å²) < 4.78 is 0. The topological polar surface area (TPSA) is 65.8 Å². The van der Waals surface area contributed by atoms with Gasteiger partial charge < -0.3 is 5.32 Å². The van der Waals surface area contributed by atoms with Crippen LogP contribution < -0.4 is 5.32 Å². The van der Waals surface area contributed by atoms with Gasteiger partial charge in [0.1, 0.15) is 10.9 Å². The fourth-order valence-electron chi connectivity index (χ4n) is 1.34. The monoisotopic (exact) mass is 289 g/mol. The number of thioether (sulfide) groups is 1. The number of hydrogen-bond donors (Lipinski definition) is 1. The Labute approximate surface area is 119 Å². The molecule has 19 heavy (non-hydrogen) atoms. The van der Waals surface area contributed by atoms with Crippen LogP contribution in [0.25, 0.3) is 0 Å². The van der Waals surface area contributed by atoms with Crippen LogP contribution >= 0.6 is 23.1 Å². The third kappa shape index (κ3) is 4.39. The maximum absolute atomic E-state index is 11.7. The van der Waals surface area contributed by atoms with Crippen LogP contribution in [0, 0.1) is 11.3 Å². The Morgan fingerprint density at radius 2 is 2.21 bits per heavy atom. The predicted molar refractivity (Wildman–Crippen MR) is 77.2 cm³/mol. The number of carbonyl (C=O) groups excluding carboxylic acids is 1. The van der Waals surface area contributed by atoms with Crippen molar-refractivity contribution >= 4 is 34.1 Å². The van der Waals surface area contributed by atoms with E-state index in [1.165, 1.54) is 17.5 Å². The number of anilines is 1. The van der Waals surface area contributed by atoms with Crippen LogP contribution in [-0.4, -0.2) is 16.6 Å². The molecule has 2 rings (SSSR count). The summed E-state index contributed by atoms with van der Waals surface area (Å²) in [6.07, 6.45) is 1.88. The Morgan fingerprint density at radius 3 is 2.89 bits per heavy atom. The van der Waals surface area contributed by atoms with E-state index in [2.05, 4.69) is 10.3 Å². The maximum Gasteiger partial charge on any atom is 0.226 e. The smallest absolute Gasteiger partial charge is 0.226 e. The third-order valence-electron chi connectivity index (χ3n) is 2.20. The molecule has 0 radical (unpaired) electrons. The number of nitriles is 1. The molecular formula is C13H11N3OS2. The van der Waals surface area contributed by atoms with Gasteiger partial charge in [-0.25, -0.2) is 4.98 Å². The zero-order chi connectivity index (χ0) is 13.5. The van der Waals surface area contributed by atoms with Crippen molar-refractivity contribution in [2.75, 3.05) is 11.1 Å². The second kappa shape index (κ2) is 6.92. The lowest BCUT2D eigenvalue weighted by atomic mass is 10.4. The van der Waals surface area contributed by atoms with Crippen LogP contribution in [0.5, 0.6) is 0 Å². The fraction of sp³-hybridized carbons (Fsp3) is 0.154. The molecule has 0 atom stereocenters. The number of nitrogens with one attached hydrogen (secondary N) is 1. The molecule has 0 aliphatic rings. The van der Waals surface area contributed by atoms with Crippen LogP contribution in [0.4, 0.5) is 5.13 Å². The lowest BCUT2D eigenvalue weighted by molar-refractivity contribution is -0.115. The average Bonchev–Trinajstić information content (AvgIpc) is 2.87. The summed E-state index contributed by atoms with van der Waals surface area (Å²) in [7, 11) is 0. The van der Waals surface area contributed by atoms with E-state index in [0.29, 0.717) is 22.2 Å². The van der Waals surface area contributed by atoms with Crippen molar-refractivity contribution in [1.82, 2.24) is 4.98 Å². The molecule has 1 heterocycles. The van der Waals surface area contributed by atoms with Crippen molar-refractivity contribution in [2.24, 2.45) is 0 Å². The minimum Gasteiger partial charge on any atom is -0.302 e. The van der Waals surface area contributed by atoms with Gasteiger partial charge in [0.25, 0.3) is 0 Å². The summed E-state index contributed by atoms with van der Waals surface area (Å²) in [5.74, 6) is 0.633. The Bertz CT molecular complexity index is 589. The van der Waals surface area contributed by atoms with E-state index >= 15 is 0 Å². The molecule has 0 spiro atoms. The number of aromatic nitrogens is 1. The van der Waals surface area contributed by atoms with Crippen LogP contribution in [-0.2, 0) is 4.79 Å². The average molecular weight is 289 g/mol. The molecule has 0 fully saturated rings. The Kier molecular flexibility index (Phi) is 4.95. The van der Waals surface area contributed by atoms with Crippen molar-refractivity contribution in [3.8, 4) is 6.07 Å². The predicted octanol–water partition coefficient (Wildman–Crippen LogP) is 3.14. The van der Waals surface area contributed by atoms with Gasteiger partial charge >= 0.3 is 0 Å². The molecule has 1 aromatic heterocycles. The first-order chi connectivity index (χ1) is 9.28. The first-order valence-corrected chi connectivity index (χ1v) is 7.42. The maximum atomic E-state index is 11.7. The number of amides is 1. The third-order valence-corrected chi connectivity index (χ3v) is 4.03. The number of thiazole rings is 1. The standard InChI is InChI=1S/C13H11N3OS2/c14-8-11-9-15-13(19-11)16-12(17)6-7-18-10-4-2-1-3-5-10/h1-5,9H,6-7H2,(H,15,16,17). The zero-order valence-corrected chi connectivity index (χ0v) is 11.6. The van der Waals surface area contributed by atoms with Crippen LogP contribution in [0.15, 0.2) is 41.4 Å². The van der Waals surface area contributed by atoms with Crippen molar-refractivity contribution in [2.45, 2.75) is 11.3 Å². The minimum absolute atomic E-state index is 0.0812. The Balaban J connectivity index is 1.74. The first-order valence-electron chi connectivity index (χ1n) is 5.61. The Hall–Kier alpha value is -1.84. The van der Waals surface area contributed by atoms with E-state index in [0.717, 1.165) is 4.90 Å². The highest BCUT2D eigenvalue weighted by molar-refractivity contribution is 7.99. The van der Waals surface area contributed by atoms with Crippen LogP contribution in [0.1, 0.15) is 11.3 Å². The van der Waals surface area contributed by atoms with E-state index in [9.17, 15) is 4.79 Å². The highest BCUT2D eigenvalue weighted by Gasteiger charge is 2.06. The Morgan fingerprint density at radius 1 is 1.42 bits per heavy atom. The molecule has 0 aliphatic carbocycles. The van der Waals surface area contributed by atoms with E-state index < -0.39 is 0 Å². The van der Waals surface area contributed by atoms with Crippen LogP contribution in [0.3, 0.4) is 0 Å². The van der Waals surface area contributed by atoms with Gasteiger partial charge in [-0.1, -0.05) is 29.5 Å². The summed E-state index contributed by atoms with van der Waals surface area (Å²) in [5.41, 5.74) is 0. The van der Waals surface area contributed by atoms with Gasteiger partial charge in [0, 0.05) is 17.1 Å². The molecular weight excluding hydrogens is 278 g/mol. The summed E-state index contributed by atoms with van der Waals surface area (Å²) >= 11 is 2.82. The molecule has 96 valence electrons. The van der Waals surface area contributed by atoms with Crippen molar-refractivity contribution in [3.63, 3.8) is 0 Å². The molecule has 6 heteroatoms. The van der Waals surface area contributed by atoms with E-state index in [-0.39, 0.29) is 5.91 Å². The van der Waals surface area contributed by atoms with Gasteiger partial charge in [-0.2, -0.15) is 5.26 Å². The summed E-state index contributed by atoms with van der Waals surface area (Å²) in [5, 5.41) is 11.8. The van der Waals surface area contributed by atoms with Gasteiger partial charge in [0.05, 0.1) is 6.20 Å². The largest absolute Gasteiger partial charge is 0.302 e. The van der Waals surface area contributed by atoms with Gasteiger partial charge in [0.15, 0.2) is 5.13 Å². The number of rotatable bonds is 5. The molecule has 0 saturated heterocycles. The molecule has 0 bridgehead atoms. The summed E-state index contributed by atoms with van der Waals surface area (Å²) in [6.45, 7) is 0. The minimum atomic E-state index is -0.0812. The summed E-state index contributed by atoms with van der Waals surface area (Å²) in [6, 6.07) is 11.9. The lowest BCUT2D eigenvalue weighted by Gasteiger charge is -2.02. The quantitative estimate of drug-likeness (QED) is 0.859. The second-order valence-corrected chi connectivity index (χ2v) is 5.80. The van der Waals surface area contributed by atoms with Crippen molar-refractivity contribution in [1.29, 1.82) is 5.26 Å². The fourth-order valence-corrected chi connectivity index (χ4v) is 2.85. The highest BCUT2D eigenvalue weighted by atomic mass is 32.2. The van der Waals surface area contributed by atoms with Gasteiger partial charge in [0.2, 0.25) is 5.91 Å². The van der Waals surface area contributed by atoms with E-state index in [1.807, 2.05) is 36.4 Å². The van der Waals surface area contributed by atoms with Crippen molar-refractivity contribution in [3.05, 3.63) is 41.4 Å². The molecule has 2 aromatic rings.